The zero-order chi connectivity index (χ0) is 19.2. The molecule has 6 nitrogen and oxygen atoms in total. The van der Waals surface area contributed by atoms with Crippen molar-refractivity contribution in [2.75, 3.05) is 23.8 Å². The van der Waals surface area contributed by atoms with Gasteiger partial charge in [-0.15, -0.1) is 11.3 Å². The lowest BCUT2D eigenvalue weighted by Gasteiger charge is -2.20. The normalized spacial score (nSPS) is 10.7. The number of rotatable bonds is 7. The molecule has 0 radical (unpaired) electrons. The standard InChI is InChI=1S/C18H16FN3O3S2/c1-2-22(13-5-3-12(19)4-6-13)15(23)9-25-16(24)10-27-18-14-7-8-26-17(14)20-11-21-18/h3-8,11H,2,9-10H2,1H3. The summed E-state index contributed by atoms with van der Waals surface area (Å²) in [4.78, 5) is 34.9. The summed E-state index contributed by atoms with van der Waals surface area (Å²) in [6.07, 6.45) is 1.46. The highest BCUT2D eigenvalue weighted by molar-refractivity contribution is 8.00. The molecule has 2 aromatic heterocycles. The molecule has 27 heavy (non-hydrogen) atoms. The Hall–Kier alpha value is -2.52. The van der Waals surface area contributed by atoms with Crippen molar-refractivity contribution < 1.29 is 18.7 Å². The fourth-order valence-corrected chi connectivity index (χ4v) is 3.97. The van der Waals surface area contributed by atoms with E-state index in [1.54, 1.807) is 6.92 Å². The number of hydrogen-bond acceptors (Lipinski definition) is 7. The van der Waals surface area contributed by atoms with Gasteiger partial charge in [0.25, 0.3) is 5.91 Å². The quantitative estimate of drug-likeness (QED) is 0.340. The van der Waals surface area contributed by atoms with Gasteiger partial charge in [-0.25, -0.2) is 14.4 Å². The fraction of sp³-hybridized carbons (Fsp3) is 0.222. The van der Waals surface area contributed by atoms with Crippen molar-refractivity contribution in [1.29, 1.82) is 0 Å². The van der Waals surface area contributed by atoms with Crippen LogP contribution in [0.3, 0.4) is 0 Å². The summed E-state index contributed by atoms with van der Waals surface area (Å²) in [5, 5.41) is 3.51. The summed E-state index contributed by atoms with van der Waals surface area (Å²) in [7, 11) is 0. The number of ether oxygens (including phenoxy) is 1. The number of anilines is 1. The van der Waals surface area contributed by atoms with E-state index in [1.807, 2.05) is 11.4 Å². The first-order valence-corrected chi connectivity index (χ1v) is 9.97. The SMILES string of the molecule is CCN(C(=O)COC(=O)CSc1ncnc2sccc12)c1ccc(F)cc1. The van der Waals surface area contributed by atoms with Crippen LogP contribution in [-0.4, -0.2) is 40.7 Å². The van der Waals surface area contributed by atoms with Crippen LogP contribution in [0.1, 0.15) is 6.92 Å². The molecule has 0 spiro atoms. The van der Waals surface area contributed by atoms with E-state index in [0.717, 1.165) is 10.2 Å². The smallest absolute Gasteiger partial charge is 0.316 e. The molecule has 140 valence electrons. The van der Waals surface area contributed by atoms with Crippen LogP contribution in [-0.2, 0) is 14.3 Å². The van der Waals surface area contributed by atoms with E-state index < -0.39 is 5.97 Å². The average Bonchev–Trinajstić information content (AvgIpc) is 3.16. The first kappa shape index (κ1) is 19.2. The molecule has 9 heteroatoms. The van der Waals surface area contributed by atoms with E-state index in [9.17, 15) is 14.0 Å². The van der Waals surface area contributed by atoms with Gasteiger partial charge in [0.2, 0.25) is 0 Å². The summed E-state index contributed by atoms with van der Waals surface area (Å²) < 4.78 is 18.1. The Labute approximate surface area is 163 Å². The largest absolute Gasteiger partial charge is 0.455 e. The van der Waals surface area contributed by atoms with Crippen molar-refractivity contribution in [3.63, 3.8) is 0 Å². The second-order valence-electron chi connectivity index (χ2n) is 5.38. The van der Waals surface area contributed by atoms with Crippen LogP contribution in [0, 0.1) is 5.82 Å². The number of nitrogens with zero attached hydrogens (tertiary/aromatic N) is 3. The average molecular weight is 405 g/mol. The van der Waals surface area contributed by atoms with Crippen LogP contribution in [0.25, 0.3) is 10.2 Å². The molecule has 1 amide bonds. The number of amides is 1. The lowest BCUT2D eigenvalue weighted by Crippen LogP contribution is -2.34. The molecule has 0 aliphatic carbocycles. The van der Waals surface area contributed by atoms with Gasteiger partial charge >= 0.3 is 5.97 Å². The summed E-state index contributed by atoms with van der Waals surface area (Å²) in [5.41, 5.74) is 0.551. The molecule has 0 aliphatic rings. The van der Waals surface area contributed by atoms with E-state index in [2.05, 4.69) is 9.97 Å². The Morgan fingerprint density at radius 2 is 2.00 bits per heavy atom. The monoisotopic (exact) mass is 405 g/mol. The molecule has 0 fully saturated rings. The maximum absolute atomic E-state index is 13.0. The van der Waals surface area contributed by atoms with Gasteiger partial charge in [0.15, 0.2) is 6.61 Å². The van der Waals surface area contributed by atoms with Crippen molar-refractivity contribution in [1.82, 2.24) is 9.97 Å². The molecule has 2 heterocycles. The van der Waals surface area contributed by atoms with Gasteiger partial charge in [-0.2, -0.15) is 0 Å². The van der Waals surface area contributed by atoms with E-state index in [-0.39, 0.29) is 24.1 Å². The molecule has 0 bridgehead atoms. The Balaban J connectivity index is 1.52. The van der Waals surface area contributed by atoms with Crippen molar-refractivity contribution in [3.8, 4) is 0 Å². The second-order valence-corrected chi connectivity index (χ2v) is 7.24. The molecular formula is C18H16FN3O3S2. The molecule has 0 unspecified atom stereocenters. The summed E-state index contributed by atoms with van der Waals surface area (Å²) >= 11 is 2.74. The summed E-state index contributed by atoms with van der Waals surface area (Å²) in [5.74, 6) is -1.22. The van der Waals surface area contributed by atoms with Crippen LogP contribution >= 0.6 is 23.1 Å². The van der Waals surface area contributed by atoms with Gasteiger partial charge < -0.3 is 9.64 Å². The lowest BCUT2D eigenvalue weighted by molar-refractivity contribution is -0.145. The first-order chi connectivity index (χ1) is 13.1. The zero-order valence-electron chi connectivity index (χ0n) is 14.4. The van der Waals surface area contributed by atoms with Crippen LogP contribution < -0.4 is 4.90 Å². The third-order valence-electron chi connectivity index (χ3n) is 3.66. The number of benzene rings is 1. The summed E-state index contributed by atoms with van der Waals surface area (Å²) in [6, 6.07) is 7.48. The number of thiophene rings is 1. The molecule has 3 rings (SSSR count). The van der Waals surface area contributed by atoms with Crippen molar-refractivity contribution in [2.24, 2.45) is 0 Å². The zero-order valence-corrected chi connectivity index (χ0v) is 16.1. The van der Waals surface area contributed by atoms with E-state index >= 15 is 0 Å². The fourth-order valence-electron chi connectivity index (χ4n) is 2.40. The van der Waals surface area contributed by atoms with E-state index in [4.69, 9.17) is 4.74 Å². The topological polar surface area (TPSA) is 72.4 Å². The number of carbonyl (C=O) groups excluding carboxylic acids is 2. The highest BCUT2D eigenvalue weighted by Crippen LogP contribution is 2.27. The molecule has 0 saturated carbocycles. The second kappa shape index (κ2) is 8.92. The van der Waals surface area contributed by atoms with E-state index in [0.29, 0.717) is 17.3 Å². The van der Waals surface area contributed by atoms with Crippen molar-refractivity contribution >= 4 is 50.9 Å². The Morgan fingerprint density at radius 1 is 1.22 bits per heavy atom. The third kappa shape index (κ3) is 4.81. The maximum atomic E-state index is 13.0. The third-order valence-corrected chi connectivity index (χ3v) is 5.46. The highest BCUT2D eigenvalue weighted by atomic mass is 32.2. The molecule has 0 saturated heterocycles. The van der Waals surface area contributed by atoms with Gasteiger partial charge in [0.05, 0.1) is 5.75 Å². The number of hydrogen-bond donors (Lipinski definition) is 0. The van der Waals surface area contributed by atoms with Crippen LogP contribution in [0.4, 0.5) is 10.1 Å². The molecule has 0 atom stereocenters. The molecular weight excluding hydrogens is 389 g/mol. The number of halogens is 1. The number of fused-ring (bicyclic) bond motifs is 1. The maximum Gasteiger partial charge on any atom is 0.316 e. The minimum Gasteiger partial charge on any atom is -0.455 e. The minimum absolute atomic E-state index is 0.0396. The van der Waals surface area contributed by atoms with Crippen LogP contribution in [0.2, 0.25) is 0 Å². The van der Waals surface area contributed by atoms with Crippen LogP contribution in [0.5, 0.6) is 0 Å². The Bertz CT molecular complexity index is 946. The molecule has 1 aromatic carbocycles. The molecule has 3 aromatic rings. The minimum atomic E-state index is -0.509. The predicted molar refractivity (Wildman–Crippen MR) is 104 cm³/mol. The van der Waals surface area contributed by atoms with Crippen LogP contribution in [0.15, 0.2) is 47.1 Å². The van der Waals surface area contributed by atoms with Crippen molar-refractivity contribution in [2.45, 2.75) is 11.9 Å². The number of carbonyl (C=O) groups is 2. The number of thioether (sulfide) groups is 1. The Morgan fingerprint density at radius 3 is 2.74 bits per heavy atom. The first-order valence-electron chi connectivity index (χ1n) is 8.11. The number of likely N-dealkylation sites (N-methyl/N-ethyl adjacent to an activating group) is 1. The van der Waals surface area contributed by atoms with Gasteiger partial charge in [-0.1, -0.05) is 11.8 Å². The van der Waals surface area contributed by atoms with Gasteiger partial charge in [-0.3, -0.25) is 9.59 Å². The molecule has 0 N–H and O–H groups in total. The number of aromatic nitrogens is 2. The number of esters is 1. The Kier molecular flexibility index (Phi) is 6.36. The van der Waals surface area contributed by atoms with Gasteiger partial charge in [0.1, 0.15) is 22.0 Å². The lowest BCUT2D eigenvalue weighted by atomic mass is 10.2. The van der Waals surface area contributed by atoms with Gasteiger partial charge in [0, 0.05) is 17.6 Å². The highest BCUT2D eigenvalue weighted by Gasteiger charge is 2.17. The predicted octanol–water partition coefficient (Wildman–Crippen LogP) is 3.52. The van der Waals surface area contributed by atoms with Crippen molar-refractivity contribution in [3.05, 3.63) is 47.9 Å². The van der Waals surface area contributed by atoms with E-state index in [1.165, 1.54) is 58.6 Å². The van der Waals surface area contributed by atoms with Gasteiger partial charge in [-0.05, 0) is 42.6 Å². The molecule has 0 aliphatic heterocycles. The summed E-state index contributed by atoms with van der Waals surface area (Å²) in [6.45, 7) is 1.80.